The number of aromatic nitrogens is 1. The van der Waals surface area contributed by atoms with Gasteiger partial charge in [0.15, 0.2) is 0 Å². The lowest BCUT2D eigenvalue weighted by molar-refractivity contribution is -0.176. The van der Waals surface area contributed by atoms with E-state index in [4.69, 9.17) is 0 Å². The van der Waals surface area contributed by atoms with Gasteiger partial charge in [-0.2, -0.15) is 13.2 Å². The number of alkyl halides is 3. The third kappa shape index (κ3) is 3.37. The first-order valence-corrected chi connectivity index (χ1v) is 6.33. The Balaban J connectivity index is 2.15. The number of hydrogen-bond donors (Lipinski definition) is 1. The van der Waals surface area contributed by atoms with Crippen molar-refractivity contribution in [2.75, 3.05) is 18.0 Å². The number of aliphatic hydroxyl groups excluding tert-OH is 1. The molecule has 1 aromatic heterocycles. The number of nitrogens with zero attached hydrogens (tertiary/aromatic N) is 2. The second-order valence-electron chi connectivity index (χ2n) is 4.95. The van der Waals surface area contributed by atoms with Gasteiger partial charge in [0.2, 0.25) is 0 Å². The number of halogens is 3. The van der Waals surface area contributed by atoms with Crippen LogP contribution in [0.4, 0.5) is 19.0 Å². The minimum atomic E-state index is -4.15. The summed E-state index contributed by atoms with van der Waals surface area (Å²) in [6.45, 7) is 2.14. The van der Waals surface area contributed by atoms with Gasteiger partial charge in [0.1, 0.15) is 5.82 Å². The topological polar surface area (TPSA) is 36.4 Å². The standard InChI is InChI=1S/C13H17F3N2O/c1-9(19)10-4-5-17-12(7-10)18-6-2-3-11(8-18)13(14,15)16/h4-5,7,9,11,19H,2-3,6,8H2,1H3/t9-,11?/m1/s1. The highest BCUT2D eigenvalue weighted by Crippen LogP contribution is 2.34. The summed E-state index contributed by atoms with van der Waals surface area (Å²) in [5, 5.41) is 9.50. The predicted octanol–water partition coefficient (Wildman–Crippen LogP) is 2.91. The van der Waals surface area contributed by atoms with E-state index in [1.807, 2.05) is 0 Å². The second kappa shape index (κ2) is 5.36. The van der Waals surface area contributed by atoms with E-state index in [0.717, 1.165) is 0 Å². The highest BCUT2D eigenvalue weighted by Gasteiger charge is 2.42. The average Bonchev–Trinajstić information content (AvgIpc) is 2.38. The zero-order valence-electron chi connectivity index (χ0n) is 10.7. The van der Waals surface area contributed by atoms with Crippen molar-refractivity contribution in [3.8, 4) is 0 Å². The highest BCUT2D eigenvalue weighted by molar-refractivity contribution is 5.42. The minimum absolute atomic E-state index is 0.0558. The Hall–Kier alpha value is -1.30. The number of rotatable bonds is 2. The Labute approximate surface area is 110 Å². The third-order valence-electron chi connectivity index (χ3n) is 3.46. The van der Waals surface area contributed by atoms with Gasteiger partial charge in [-0.3, -0.25) is 0 Å². The van der Waals surface area contributed by atoms with Crippen molar-refractivity contribution in [2.45, 2.75) is 32.0 Å². The molecule has 1 aliphatic heterocycles. The van der Waals surface area contributed by atoms with E-state index < -0.39 is 18.2 Å². The Morgan fingerprint density at radius 1 is 1.47 bits per heavy atom. The Morgan fingerprint density at radius 2 is 2.21 bits per heavy atom. The van der Waals surface area contributed by atoms with Gasteiger partial charge in [-0.25, -0.2) is 4.98 Å². The summed E-state index contributed by atoms with van der Waals surface area (Å²) in [5.74, 6) is -0.786. The van der Waals surface area contributed by atoms with Crippen LogP contribution in [0.1, 0.15) is 31.4 Å². The molecule has 0 amide bonds. The summed E-state index contributed by atoms with van der Waals surface area (Å²) in [6, 6.07) is 3.32. The molecule has 19 heavy (non-hydrogen) atoms. The third-order valence-corrected chi connectivity index (χ3v) is 3.46. The van der Waals surface area contributed by atoms with Gasteiger partial charge >= 0.3 is 6.18 Å². The molecule has 1 unspecified atom stereocenters. The summed E-state index contributed by atoms with van der Waals surface area (Å²) < 4.78 is 38.3. The molecule has 2 heterocycles. The van der Waals surface area contributed by atoms with Crippen LogP contribution in [0, 0.1) is 5.92 Å². The van der Waals surface area contributed by atoms with Gasteiger partial charge < -0.3 is 10.0 Å². The van der Waals surface area contributed by atoms with Crippen LogP contribution in [-0.2, 0) is 0 Å². The molecule has 0 radical (unpaired) electrons. The van der Waals surface area contributed by atoms with Gasteiger partial charge in [-0.1, -0.05) is 0 Å². The van der Waals surface area contributed by atoms with E-state index in [1.165, 1.54) is 6.20 Å². The Kier molecular flexibility index (Phi) is 3.99. The molecule has 106 valence electrons. The van der Waals surface area contributed by atoms with Crippen LogP contribution in [0.2, 0.25) is 0 Å². The van der Waals surface area contributed by atoms with Gasteiger partial charge in [0.25, 0.3) is 0 Å². The van der Waals surface area contributed by atoms with Crippen LogP contribution in [0.15, 0.2) is 18.3 Å². The molecule has 0 aliphatic carbocycles. The maximum atomic E-state index is 12.8. The molecule has 2 atom stereocenters. The number of hydrogen-bond acceptors (Lipinski definition) is 3. The van der Waals surface area contributed by atoms with E-state index in [2.05, 4.69) is 4.98 Å². The largest absolute Gasteiger partial charge is 0.393 e. The molecule has 0 spiro atoms. The summed E-state index contributed by atoms with van der Waals surface area (Å²) in [5.41, 5.74) is 0.666. The van der Waals surface area contributed by atoms with Gasteiger partial charge in [0, 0.05) is 19.3 Å². The fourth-order valence-electron chi connectivity index (χ4n) is 2.32. The zero-order valence-corrected chi connectivity index (χ0v) is 10.7. The number of anilines is 1. The highest BCUT2D eigenvalue weighted by atomic mass is 19.4. The van der Waals surface area contributed by atoms with E-state index >= 15 is 0 Å². The summed E-state index contributed by atoms with van der Waals surface area (Å²) in [4.78, 5) is 5.76. The van der Waals surface area contributed by atoms with Crippen LogP contribution in [0.5, 0.6) is 0 Å². The molecule has 2 rings (SSSR count). The van der Waals surface area contributed by atoms with Crippen molar-refractivity contribution in [3.05, 3.63) is 23.9 Å². The van der Waals surface area contributed by atoms with Crippen molar-refractivity contribution in [1.82, 2.24) is 4.98 Å². The van der Waals surface area contributed by atoms with Gasteiger partial charge in [0.05, 0.1) is 12.0 Å². The van der Waals surface area contributed by atoms with Crippen LogP contribution in [0.25, 0.3) is 0 Å². The lowest BCUT2D eigenvalue weighted by Crippen LogP contribution is -2.42. The first-order valence-electron chi connectivity index (χ1n) is 6.33. The van der Waals surface area contributed by atoms with Crippen molar-refractivity contribution in [1.29, 1.82) is 0 Å². The van der Waals surface area contributed by atoms with Crippen molar-refractivity contribution in [2.24, 2.45) is 5.92 Å². The van der Waals surface area contributed by atoms with Crippen LogP contribution >= 0.6 is 0 Å². The van der Waals surface area contributed by atoms with Crippen LogP contribution in [0.3, 0.4) is 0 Å². The maximum Gasteiger partial charge on any atom is 0.393 e. The lowest BCUT2D eigenvalue weighted by atomic mass is 9.97. The molecule has 1 N–H and O–H groups in total. The summed E-state index contributed by atoms with van der Waals surface area (Å²) in [7, 11) is 0. The monoisotopic (exact) mass is 274 g/mol. The predicted molar refractivity (Wildman–Crippen MR) is 65.9 cm³/mol. The quantitative estimate of drug-likeness (QED) is 0.900. The molecular formula is C13H17F3N2O. The van der Waals surface area contributed by atoms with E-state index in [9.17, 15) is 18.3 Å². The van der Waals surface area contributed by atoms with Crippen LogP contribution < -0.4 is 4.90 Å². The van der Waals surface area contributed by atoms with E-state index in [0.29, 0.717) is 24.3 Å². The molecule has 3 nitrogen and oxygen atoms in total. The summed E-state index contributed by atoms with van der Waals surface area (Å²) in [6.07, 6.45) is -2.60. The van der Waals surface area contributed by atoms with Gasteiger partial charge in [-0.05, 0) is 37.5 Å². The molecular weight excluding hydrogens is 257 g/mol. The van der Waals surface area contributed by atoms with Crippen molar-refractivity contribution < 1.29 is 18.3 Å². The first-order chi connectivity index (χ1) is 8.88. The van der Waals surface area contributed by atoms with Crippen molar-refractivity contribution in [3.63, 3.8) is 0 Å². The smallest absolute Gasteiger partial charge is 0.389 e. The fourth-order valence-corrected chi connectivity index (χ4v) is 2.32. The Morgan fingerprint density at radius 3 is 2.84 bits per heavy atom. The van der Waals surface area contributed by atoms with E-state index in [1.54, 1.807) is 24.0 Å². The van der Waals surface area contributed by atoms with Crippen LogP contribution in [-0.4, -0.2) is 29.4 Å². The minimum Gasteiger partial charge on any atom is -0.389 e. The van der Waals surface area contributed by atoms with E-state index in [-0.39, 0.29) is 13.0 Å². The first kappa shape index (κ1) is 14.1. The zero-order chi connectivity index (χ0) is 14.0. The van der Waals surface area contributed by atoms with Crippen molar-refractivity contribution >= 4 is 5.82 Å². The molecule has 1 saturated heterocycles. The molecule has 1 fully saturated rings. The normalized spacial score (nSPS) is 22.4. The fraction of sp³-hybridized carbons (Fsp3) is 0.615. The SMILES string of the molecule is C[C@@H](O)c1ccnc(N2CCCC(C(F)(F)F)C2)c1. The molecule has 6 heteroatoms. The molecule has 0 aromatic carbocycles. The lowest BCUT2D eigenvalue weighted by Gasteiger charge is -2.34. The molecule has 1 aromatic rings. The van der Waals surface area contributed by atoms with Gasteiger partial charge in [-0.15, -0.1) is 0 Å². The molecule has 0 bridgehead atoms. The maximum absolute atomic E-state index is 12.8. The summed E-state index contributed by atoms with van der Waals surface area (Å²) >= 11 is 0. The number of piperidine rings is 1. The Bertz CT molecular complexity index is 434. The number of aliphatic hydroxyl groups is 1. The average molecular weight is 274 g/mol. The number of pyridine rings is 1. The molecule has 1 aliphatic rings. The second-order valence-corrected chi connectivity index (χ2v) is 4.95. The molecule has 0 saturated carbocycles.